The molecular weight excluding hydrogens is 490 g/mol. The molecular formula is C31H39N5OS. The topological polar surface area (TPSA) is 70.1 Å². The van der Waals surface area contributed by atoms with E-state index in [4.69, 9.17) is 9.97 Å². The highest BCUT2D eigenvalue weighted by Gasteiger charge is 2.43. The maximum absolute atomic E-state index is 13.5. The van der Waals surface area contributed by atoms with E-state index in [-0.39, 0.29) is 22.9 Å². The Morgan fingerprint density at radius 2 is 1.76 bits per heavy atom. The third-order valence-electron chi connectivity index (χ3n) is 7.96. The number of carbonyl (C=O) groups is 1. The predicted octanol–water partition coefficient (Wildman–Crippen LogP) is 7.01. The molecule has 3 unspecified atom stereocenters. The summed E-state index contributed by atoms with van der Waals surface area (Å²) in [6.45, 7) is 14.3. The van der Waals surface area contributed by atoms with Gasteiger partial charge in [-0.25, -0.2) is 9.97 Å². The van der Waals surface area contributed by atoms with E-state index in [2.05, 4.69) is 86.8 Å². The molecule has 1 aromatic carbocycles. The second-order valence-electron chi connectivity index (χ2n) is 12.4. The van der Waals surface area contributed by atoms with Gasteiger partial charge in [0.2, 0.25) is 0 Å². The van der Waals surface area contributed by atoms with Crippen molar-refractivity contribution >= 4 is 29.5 Å². The summed E-state index contributed by atoms with van der Waals surface area (Å²) in [6, 6.07) is 20.6. The fourth-order valence-corrected chi connectivity index (χ4v) is 6.31. The zero-order valence-electron chi connectivity index (χ0n) is 23.3. The number of fused-ring (bicyclic) bond motifs is 6. The first-order valence-electron chi connectivity index (χ1n) is 13.6. The van der Waals surface area contributed by atoms with Gasteiger partial charge in [-0.1, -0.05) is 64.1 Å². The molecule has 1 amide bonds. The molecule has 5 rings (SSSR count). The van der Waals surface area contributed by atoms with Crippen molar-refractivity contribution in [1.82, 2.24) is 14.7 Å². The van der Waals surface area contributed by atoms with Gasteiger partial charge in [-0.3, -0.25) is 9.52 Å². The van der Waals surface area contributed by atoms with Gasteiger partial charge in [0.1, 0.15) is 16.7 Å². The number of amides is 1. The molecule has 0 spiro atoms. The Morgan fingerprint density at radius 1 is 1.00 bits per heavy atom. The highest BCUT2D eigenvalue weighted by atomic mass is 32.2. The fraction of sp³-hybridized carbons (Fsp3) is 0.452. The number of benzene rings is 1. The van der Waals surface area contributed by atoms with Crippen LogP contribution in [0.4, 0.5) is 11.6 Å². The average molecular weight is 530 g/mol. The van der Waals surface area contributed by atoms with Crippen LogP contribution in [0.1, 0.15) is 82.0 Å². The van der Waals surface area contributed by atoms with Crippen molar-refractivity contribution in [3.8, 4) is 0 Å². The SMILES string of the molecule is CC1CC(c2ccccc2)Nc2cccc(n2)SNC(=O)c2ccc(C(C)(C)C)nc2N2CC1CC2(C)C. The van der Waals surface area contributed by atoms with E-state index in [0.29, 0.717) is 17.4 Å². The standard InChI is InChI=1S/C31H39N5OS/c1-20-17-24(21-11-8-7-9-12-21)32-26-13-10-14-27(34-26)38-35-29(37)23-15-16-25(30(2,3)4)33-28(23)36-19-22(20)18-31(36,5)6/h7-16,20,22,24H,17-19H2,1-6H3,(H,32,34)(H,35,37). The van der Waals surface area contributed by atoms with E-state index < -0.39 is 0 Å². The van der Waals surface area contributed by atoms with E-state index in [9.17, 15) is 4.79 Å². The Morgan fingerprint density at radius 3 is 2.50 bits per heavy atom. The average Bonchev–Trinajstić information content (AvgIpc) is 3.21. The van der Waals surface area contributed by atoms with E-state index in [1.165, 1.54) is 17.5 Å². The molecule has 2 aromatic heterocycles. The smallest absolute Gasteiger partial charge is 0.265 e. The minimum Gasteiger partial charge on any atom is -0.363 e. The lowest BCUT2D eigenvalue weighted by atomic mass is 9.83. The van der Waals surface area contributed by atoms with E-state index in [0.717, 1.165) is 41.7 Å². The summed E-state index contributed by atoms with van der Waals surface area (Å²) in [5, 5.41) is 4.44. The largest absolute Gasteiger partial charge is 0.363 e. The molecule has 38 heavy (non-hydrogen) atoms. The summed E-state index contributed by atoms with van der Waals surface area (Å²) < 4.78 is 3.03. The van der Waals surface area contributed by atoms with Crippen molar-refractivity contribution in [2.45, 2.75) is 76.4 Å². The summed E-state index contributed by atoms with van der Waals surface area (Å²) in [5.41, 5.74) is 2.62. The van der Waals surface area contributed by atoms with E-state index in [1.807, 2.05) is 30.3 Å². The van der Waals surface area contributed by atoms with Crippen molar-refractivity contribution < 1.29 is 4.79 Å². The summed E-state index contributed by atoms with van der Waals surface area (Å²) in [5.74, 6) is 2.35. The van der Waals surface area contributed by atoms with Crippen LogP contribution in [0.2, 0.25) is 0 Å². The monoisotopic (exact) mass is 529 g/mol. The number of nitrogens with one attached hydrogen (secondary N) is 2. The number of hydrogen-bond donors (Lipinski definition) is 2. The number of nitrogens with zero attached hydrogens (tertiary/aromatic N) is 3. The molecule has 200 valence electrons. The van der Waals surface area contributed by atoms with Gasteiger partial charge in [0.25, 0.3) is 5.91 Å². The summed E-state index contributed by atoms with van der Waals surface area (Å²) in [7, 11) is 0. The van der Waals surface area contributed by atoms with Crippen molar-refractivity contribution in [2.75, 3.05) is 16.8 Å². The third-order valence-corrected chi connectivity index (χ3v) is 8.69. The highest BCUT2D eigenvalue weighted by molar-refractivity contribution is 7.97. The van der Waals surface area contributed by atoms with Crippen LogP contribution >= 0.6 is 11.9 Å². The lowest BCUT2D eigenvalue weighted by Crippen LogP contribution is -2.40. The first kappa shape index (κ1) is 26.5. The number of pyridine rings is 2. The molecule has 6 nitrogen and oxygen atoms in total. The van der Waals surface area contributed by atoms with Crippen LogP contribution in [0.3, 0.4) is 0 Å². The van der Waals surface area contributed by atoms with Gasteiger partial charge in [0, 0.05) is 35.1 Å². The van der Waals surface area contributed by atoms with Crippen LogP contribution in [-0.2, 0) is 5.41 Å². The zero-order chi connectivity index (χ0) is 27.1. The van der Waals surface area contributed by atoms with E-state index in [1.54, 1.807) is 0 Å². The van der Waals surface area contributed by atoms with Gasteiger partial charge in [0.15, 0.2) is 0 Å². The Bertz CT molecular complexity index is 1300. The van der Waals surface area contributed by atoms with Gasteiger partial charge in [-0.05, 0) is 68.4 Å². The van der Waals surface area contributed by atoms with Gasteiger partial charge in [-0.15, -0.1) is 0 Å². The van der Waals surface area contributed by atoms with Crippen molar-refractivity contribution in [2.24, 2.45) is 11.8 Å². The van der Waals surface area contributed by atoms with E-state index >= 15 is 0 Å². The number of aromatic nitrogens is 2. The fourth-order valence-electron chi connectivity index (χ4n) is 5.71. The molecule has 1 saturated heterocycles. The lowest BCUT2D eigenvalue weighted by molar-refractivity contribution is 0.0984. The maximum Gasteiger partial charge on any atom is 0.265 e. The minimum absolute atomic E-state index is 0.118. The molecule has 3 aromatic rings. The number of carbonyl (C=O) groups excluding carboxylic acids is 1. The second-order valence-corrected chi connectivity index (χ2v) is 13.2. The maximum atomic E-state index is 13.5. The predicted molar refractivity (Wildman–Crippen MR) is 157 cm³/mol. The van der Waals surface area contributed by atoms with Crippen LogP contribution in [0.25, 0.3) is 0 Å². The summed E-state index contributed by atoms with van der Waals surface area (Å²) in [6.07, 6.45) is 2.03. The normalized spacial score (nSPS) is 23.5. The molecule has 2 aliphatic heterocycles. The van der Waals surface area contributed by atoms with Gasteiger partial charge in [0.05, 0.1) is 11.6 Å². The van der Waals surface area contributed by atoms with Crippen LogP contribution < -0.4 is 14.9 Å². The zero-order valence-corrected chi connectivity index (χ0v) is 24.1. The Labute approximate surface area is 231 Å². The van der Waals surface area contributed by atoms with Crippen molar-refractivity contribution in [1.29, 1.82) is 0 Å². The molecule has 1 fully saturated rings. The number of hydrogen-bond acceptors (Lipinski definition) is 6. The molecule has 0 aliphatic carbocycles. The summed E-state index contributed by atoms with van der Waals surface area (Å²) >= 11 is 1.24. The third kappa shape index (κ3) is 5.53. The summed E-state index contributed by atoms with van der Waals surface area (Å²) in [4.78, 5) is 25.9. The quantitative estimate of drug-likeness (QED) is 0.331. The molecule has 4 bridgehead atoms. The Kier molecular flexibility index (Phi) is 7.16. The van der Waals surface area contributed by atoms with Gasteiger partial charge < -0.3 is 10.2 Å². The Balaban J connectivity index is 1.59. The van der Waals surface area contributed by atoms with Crippen LogP contribution in [0.15, 0.2) is 65.7 Å². The number of rotatable bonds is 1. The first-order chi connectivity index (χ1) is 18.0. The number of anilines is 2. The first-order valence-corrected chi connectivity index (χ1v) is 14.4. The second kappa shape index (κ2) is 10.3. The molecule has 7 heteroatoms. The van der Waals surface area contributed by atoms with Gasteiger partial charge >= 0.3 is 0 Å². The van der Waals surface area contributed by atoms with Crippen molar-refractivity contribution in [3.05, 3.63) is 77.5 Å². The Hall–Kier alpha value is -3.06. The highest BCUT2D eigenvalue weighted by Crippen LogP contribution is 2.43. The van der Waals surface area contributed by atoms with Crippen molar-refractivity contribution in [3.63, 3.8) is 0 Å². The van der Waals surface area contributed by atoms with Crippen LogP contribution in [0.5, 0.6) is 0 Å². The van der Waals surface area contributed by atoms with Crippen LogP contribution in [0, 0.1) is 11.8 Å². The molecule has 0 saturated carbocycles. The molecule has 3 atom stereocenters. The van der Waals surface area contributed by atoms with Crippen LogP contribution in [-0.4, -0.2) is 28.0 Å². The van der Waals surface area contributed by atoms with Gasteiger partial charge in [-0.2, -0.15) is 0 Å². The molecule has 2 N–H and O–H groups in total. The molecule has 2 aliphatic rings. The molecule has 0 radical (unpaired) electrons. The lowest BCUT2D eigenvalue weighted by Gasteiger charge is -2.34. The minimum atomic E-state index is -0.151. The molecule has 4 heterocycles.